The summed E-state index contributed by atoms with van der Waals surface area (Å²) in [5.74, 6) is -0.229. The van der Waals surface area contributed by atoms with Crippen molar-refractivity contribution in [2.75, 3.05) is 19.6 Å². The van der Waals surface area contributed by atoms with Gasteiger partial charge < -0.3 is 4.90 Å². The first-order chi connectivity index (χ1) is 11.6. The molecule has 0 amide bonds. The fraction of sp³-hybridized carbons (Fsp3) is 0.412. The van der Waals surface area contributed by atoms with Gasteiger partial charge in [0.25, 0.3) is 0 Å². The van der Waals surface area contributed by atoms with Gasteiger partial charge >= 0.3 is 0 Å². The molecule has 2 aromatic rings. The second kappa shape index (κ2) is 8.69. The molecule has 1 fully saturated rings. The normalized spacial score (nSPS) is 16.4. The smallest absolute Gasteiger partial charge is 0.247 e. The highest BCUT2D eigenvalue weighted by molar-refractivity contribution is 7.91. The highest BCUT2D eigenvalue weighted by Crippen LogP contribution is 2.22. The molecule has 5 nitrogen and oxygen atoms in total. The maximum Gasteiger partial charge on any atom is 0.247 e. The number of piperidine rings is 1. The average molecular weight is 386 g/mol. The number of aromatic nitrogens is 2. The predicted octanol–water partition coefficient (Wildman–Crippen LogP) is 2.52. The monoisotopic (exact) mass is 385 g/mol. The maximum atomic E-state index is 12.9. The van der Waals surface area contributed by atoms with Gasteiger partial charge in [0, 0.05) is 18.9 Å². The SMILES string of the molecule is Cl.O=S(=O)(c1ncccn1)C1CCN(CCc2ccc(F)cc2)CC1. The molecule has 0 spiro atoms. The molecule has 0 unspecified atom stereocenters. The Morgan fingerprint density at radius 3 is 2.28 bits per heavy atom. The van der Waals surface area contributed by atoms with Crippen LogP contribution in [0.3, 0.4) is 0 Å². The fourth-order valence-electron chi connectivity index (χ4n) is 2.96. The molecule has 1 aliphatic heterocycles. The first-order valence-electron chi connectivity index (χ1n) is 8.03. The van der Waals surface area contributed by atoms with Crippen LogP contribution in [0.4, 0.5) is 4.39 Å². The minimum absolute atomic E-state index is 0. The second-order valence-electron chi connectivity index (χ2n) is 5.99. The lowest BCUT2D eigenvalue weighted by Crippen LogP contribution is -2.40. The fourth-order valence-corrected chi connectivity index (χ4v) is 4.51. The Bertz CT molecular complexity index is 764. The van der Waals surface area contributed by atoms with Gasteiger partial charge in [0.2, 0.25) is 15.0 Å². The quantitative estimate of drug-likeness (QED) is 0.740. The molecule has 0 atom stereocenters. The number of likely N-dealkylation sites (tertiary alicyclic amines) is 1. The van der Waals surface area contributed by atoms with Gasteiger partial charge in [0.05, 0.1) is 5.25 Å². The van der Waals surface area contributed by atoms with Crippen molar-refractivity contribution in [2.45, 2.75) is 29.7 Å². The van der Waals surface area contributed by atoms with Crippen LogP contribution in [0, 0.1) is 5.82 Å². The van der Waals surface area contributed by atoms with E-state index in [1.54, 1.807) is 18.2 Å². The zero-order valence-corrected chi connectivity index (χ0v) is 15.3. The number of hydrogen-bond acceptors (Lipinski definition) is 5. The molecule has 136 valence electrons. The van der Waals surface area contributed by atoms with Crippen molar-refractivity contribution in [1.82, 2.24) is 14.9 Å². The van der Waals surface area contributed by atoms with Crippen molar-refractivity contribution < 1.29 is 12.8 Å². The highest BCUT2D eigenvalue weighted by atomic mass is 35.5. The van der Waals surface area contributed by atoms with Gasteiger partial charge in [0.15, 0.2) is 0 Å². The van der Waals surface area contributed by atoms with Crippen LogP contribution in [0.15, 0.2) is 47.9 Å². The molecule has 0 saturated carbocycles. The molecule has 1 aromatic carbocycles. The van der Waals surface area contributed by atoms with Crippen LogP contribution in [0.1, 0.15) is 18.4 Å². The van der Waals surface area contributed by atoms with Crippen molar-refractivity contribution in [3.8, 4) is 0 Å². The minimum atomic E-state index is -3.45. The van der Waals surface area contributed by atoms with Crippen molar-refractivity contribution in [2.24, 2.45) is 0 Å². The van der Waals surface area contributed by atoms with E-state index in [0.717, 1.165) is 31.6 Å². The first kappa shape index (κ1) is 19.8. The molecule has 8 heteroatoms. The van der Waals surface area contributed by atoms with Crippen LogP contribution in [0.5, 0.6) is 0 Å². The van der Waals surface area contributed by atoms with Crippen LogP contribution < -0.4 is 0 Å². The van der Waals surface area contributed by atoms with Gasteiger partial charge in [-0.3, -0.25) is 0 Å². The Labute approximate surface area is 153 Å². The lowest BCUT2D eigenvalue weighted by molar-refractivity contribution is 0.232. The molecule has 0 N–H and O–H groups in total. The molecule has 0 bridgehead atoms. The van der Waals surface area contributed by atoms with Crippen LogP contribution in [-0.2, 0) is 16.3 Å². The molecular formula is C17H21ClFN3O2S. The number of sulfone groups is 1. The van der Waals surface area contributed by atoms with Crippen LogP contribution in [-0.4, -0.2) is 48.2 Å². The van der Waals surface area contributed by atoms with Crippen molar-refractivity contribution in [3.05, 3.63) is 54.1 Å². The van der Waals surface area contributed by atoms with E-state index in [0.29, 0.717) is 12.8 Å². The Balaban J connectivity index is 0.00000225. The summed E-state index contributed by atoms with van der Waals surface area (Å²) in [5.41, 5.74) is 1.09. The third-order valence-electron chi connectivity index (χ3n) is 4.40. The van der Waals surface area contributed by atoms with E-state index in [1.807, 2.05) is 0 Å². The standard InChI is InChI=1S/C17H20FN3O2S.ClH/c18-15-4-2-14(3-5-15)6-11-21-12-7-16(8-13-21)24(22,23)17-19-9-1-10-20-17;/h1-5,9-10,16H,6-8,11-13H2;1H. The van der Waals surface area contributed by atoms with E-state index in [1.165, 1.54) is 24.5 Å². The largest absolute Gasteiger partial charge is 0.303 e. The van der Waals surface area contributed by atoms with Gasteiger partial charge in [0.1, 0.15) is 5.82 Å². The van der Waals surface area contributed by atoms with Gasteiger partial charge in [-0.05, 0) is 56.1 Å². The first-order valence-corrected chi connectivity index (χ1v) is 9.58. The predicted molar refractivity (Wildman–Crippen MR) is 96.0 cm³/mol. The third kappa shape index (κ3) is 4.96. The van der Waals surface area contributed by atoms with E-state index >= 15 is 0 Å². The van der Waals surface area contributed by atoms with Gasteiger partial charge in [-0.15, -0.1) is 12.4 Å². The number of rotatable bonds is 5. The van der Waals surface area contributed by atoms with Crippen molar-refractivity contribution in [3.63, 3.8) is 0 Å². The highest BCUT2D eigenvalue weighted by Gasteiger charge is 2.32. The summed E-state index contributed by atoms with van der Waals surface area (Å²) in [7, 11) is -3.45. The summed E-state index contributed by atoms with van der Waals surface area (Å²) in [6.07, 6.45) is 4.92. The third-order valence-corrected chi connectivity index (χ3v) is 6.47. The molecule has 3 rings (SSSR count). The molecular weight excluding hydrogens is 365 g/mol. The molecule has 1 saturated heterocycles. The van der Waals surface area contributed by atoms with Gasteiger partial charge in [-0.2, -0.15) is 0 Å². The Kier molecular flexibility index (Phi) is 6.87. The molecule has 2 heterocycles. The molecule has 1 aliphatic rings. The van der Waals surface area contributed by atoms with Crippen LogP contribution in [0.25, 0.3) is 0 Å². The summed E-state index contributed by atoms with van der Waals surface area (Å²) in [4.78, 5) is 10.0. The summed E-state index contributed by atoms with van der Waals surface area (Å²) in [6.45, 7) is 2.32. The zero-order valence-electron chi connectivity index (χ0n) is 13.7. The lowest BCUT2D eigenvalue weighted by atomic mass is 10.1. The second-order valence-corrected chi connectivity index (χ2v) is 8.12. The van der Waals surface area contributed by atoms with E-state index in [2.05, 4.69) is 14.9 Å². The summed E-state index contributed by atoms with van der Waals surface area (Å²) in [6, 6.07) is 8.12. The van der Waals surface area contributed by atoms with E-state index < -0.39 is 15.1 Å². The maximum absolute atomic E-state index is 12.9. The van der Waals surface area contributed by atoms with E-state index in [4.69, 9.17) is 0 Å². The lowest BCUT2D eigenvalue weighted by Gasteiger charge is -2.31. The zero-order chi connectivity index (χ0) is 17.0. The van der Waals surface area contributed by atoms with Gasteiger partial charge in [-0.1, -0.05) is 12.1 Å². The Morgan fingerprint density at radius 1 is 1.08 bits per heavy atom. The van der Waals surface area contributed by atoms with E-state index in [-0.39, 0.29) is 23.4 Å². The Morgan fingerprint density at radius 2 is 1.68 bits per heavy atom. The van der Waals surface area contributed by atoms with Crippen LogP contribution in [0.2, 0.25) is 0 Å². The average Bonchev–Trinajstić information content (AvgIpc) is 2.62. The number of nitrogens with zero attached hydrogens (tertiary/aromatic N) is 3. The number of halogens is 2. The summed E-state index contributed by atoms with van der Waals surface area (Å²) in [5, 5.41) is -0.489. The summed E-state index contributed by atoms with van der Waals surface area (Å²) < 4.78 is 38.0. The Hall–Kier alpha value is -1.57. The minimum Gasteiger partial charge on any atom is -0.303 e. The number of hydrogen-bond donors (Lipinski definition) is 0. The van der Waals surface area contributed by atoms with E-state index in [9.17, 15) is 12.8 Å². The van der Waals surface area contributed by atoms with Crippen molar-refractivity contribution in [1.29, 1.82) is 0 Å². The molecule has 0 radical (unpaired) electrons. The van der Waals surface area contributed by atoms with Gasteiger partial charge in [-0.25, -0.2) is 22.8 Å². The molecule has 0 aliphatic carbocycles. The molecule has 25 heavy (non-hydrogen) atoms. The van der Waals surface area contributed by atoms with Crippen LogP contribution >= 0.6 is 12.4 Å². The topological polar surface area (TPSA) is 63.2 Å². The molecule has 1 aromatic heterocycles. The van der Waals surface area contributed by atoms with Crippen molar-refractivity contribution >= 4 is 22.2 Å². The summed E-state index contributed by atoms with van der Waals surface area (Å²) >= 11 is 0. The number of benzene rings is 1.